The number of hydrogen-bond donors (Lipinski definition) is 5. The van der Waals surface area contributed by atoms with Gasteiger partial charge in [-0.05, 0) is 17.9 Å². The van der Waals surface area contributed by atoms with Gasteiger partial charge >= 0.3 is 13.3 Å². The summed E-state index contributed by atoms with van der Waals surface area (Å²) < 4.78 is 18.2. The molecular formula is C15H26N3O8P. The van der Waals surface area contributed by atoms with Gasteiger partial charge in [-0.25, -0.2) is 9.36 Å². The normalized spacial score (nSPS) is 15.2. The number of carbonyl (C=O) groups excluding carboxylic acids is 1. The molecule has 0 aliphatic rings. The van der Waals surface area contributed by atoms with Crippen LogP contribution in [-0.4, -0.2) is 59.6 Å². The smallest absolute Gasteiger partial charge is 0.357 e. The van der Waals surface area contributed by atoms with Crippen molar-refractivity contribution in [2.75, 3.05) is 12.3 Å². The number of anilines is 1. The van der Waals surface area contributed by atoms with E-state index in [1.165, 1.54) is 27.7 Å². The molecule has 6 N–H and O–H groups in total. The lowest BCUT2D eigenvalue weighted by molar-refractivity contribution is -0.146. The molecule has 12 heteroatoms. The van der Waals surface area contributed by atoms with Crippen molar-refractivity contribution in [3.05, 3.63) is 22.7 Å². The van der Waals surface area contributed by atoms with E-state index in [9.17, 15) is 34.2 Å². The van der Waals surface area contributed by atoms with Gasteiger partial charge in [-0.3, -0.25) is 9.36 Å². The first-order valence-corrected chi connectivity index (χ1v) is 9.82. The quantitative estimate of drug-likeness (QED) is 0.348. The van der Waals surface area contributed by atoms with Crippen LogP contribution in [0, 0.1) is 11.8 Å². The fourth-order valence-electron chi connectivity index (χ4n) is 3.01. The van der Waals surface area contributed by atoms with Gasteiger partial charge in [-0.2, -0.15) is 4.98 Å². The monoisotopic (exact) mass is 407 g/mol. The lowest BCUT2D eigenvalue weighted by Crippen LogP contribution is -2.52. The topological polar surface area (TPSA) is 185 Å². The summed E-state index contributed by atoms with van der Waals surface area (Å²) in [5, 5.41) is 17.8. The van der Waals surface area contributed by atoms with Crippen LogP contribution in [0.15, 0.2) is 17.1 Å². The number of rotatable bonds is 8. The number of hydrogen-bond acceptors (Lipinski definition) is 8. The first-order valence-electron chi connectivity index (χ1n) is 8.21. The van der Waals surface area contributed by atoms with Crippen LogP contribution >= 0.6 is 7.60 Å². The van der Waals surface area contributed by atoms with Crippen LogP contribution in [0.3, 0.4) is 0 Å². The Hall–Kier alpha value is -1.62. The van der Waals surface area contributed by atoms with Crippen molar-refractivity contribution < 1.29 is 34.1 Å². The molecule has 0 saturated heterocycles. The first kappa shape index (κ1) is 23.4. The standard InChI is InChI=1S/C15H26N3O8P/c1-8(2)15(9(3)4,27(23,24)25)26-10(7-19)12(20)13(21)18-6-5-11(16)17-14(18)22/h5-6,8-10,12,19-20H,7H2,1-4H3,(H2,16,17,22)(H2,23,24,25)/t10-,12+/m0/s1. The fraction of sp³-hybridized carbons (Fsp3) is 0.667. The van der Waals surface area contributed by atoms with Crippen LogP contribution in [0.1, 0.15) is 32.5 Å². The second-order valence-corrected chi connectivity index (χ2v) is 8.52. The molecule has 0 radical (unpaired) electrons. The number of ether oxygens (including phenoxy) is 1. The molecule has 0 spiro atoms. The number of nitrogens with zero attached hydrogens (tertiary/aromatic N) is 2. The highest BCUT2D eigenvalue weighted by molar-refractivity contribution is 7.53. The Bertz CT molecular complexity index is 765. The number of nitrogens with two attached hydrogens (primary N) is 1. The van der Waals surface area contributed by atoms with E-state index in [0.29, 0.717) is 4.57 Å². The molecule has 0 aliphatic heterocycles. The number of carbonyl (C=O) groups is 1. The summed E-state index contributed by atoms with van der Waals surface area (Å²) in [5.74, 6) is -2.77. The third-order valence-corrected chi connectivity index (χ3v) is 6.35. The maximum absolute atomic E-state index is 12.4. The van der Waals surface area contributed by atoms with Crippen molar-refractivity contribution in [2.24, 2.45) is 11.8 Å². The van der Waals surface area contributed by atoms with E-state index in [-0.39, 0.29) is 5.82 Å². The van der Waals surface area contributed by atoms with E-state index < -0.39 is 55.2 Å². The zero-order chi connectivity index (χ0) is 21.2. The predicted octanol–water partition coefficient (Wildman–Crippen LogP) is -0.610. The highest BCUT2D eigenvalue weighted by atomic mass is 31.2. The summed E-state index contributed by atoms with van der Waals surface area (Å²) in [6.07, 6.45) is -2.79. The molecule has 154 valence electrons. The maximum Gasteiger partial charge on any atom is 0.357 e. The molecular weight excluding hydrogens is 381 g/mol. The van der Waals surface area contributed by atoms with Crippen LogP contribution in [0.5, 0.6) is 0 Å². The third kappa shape index (κ3) is 4.63. The van der Waals surface area contributed by atoms with Crippen LogP contribution in [-0.2, 0) is 9.30 Å². The zero-order valence-electron chi connectivity index (χ0n) is 15.5. The summed E-state index contributed by atoms with van der Waals surface area (Å²) in [6.45, 7) is 5.11. The Morgan fingerprint density at radius 3 is 2.22 bits per heavy atom. The summed E-state index contributed by atoms with van der Waals surface area (Å²) in [4.78, 5) is 47.3. The van der Waals surface area contributed by atoms with Crippen molar-refractivity contribution in [1.29, 1.82) is 0 Å². The molecule has 0 amide bonds. The van der Waals surface area contributed by atoms with Crippen LogP contribution in [0.2, 0.25) is 0 Å². The Kier molecular flexibility index (Phi) is 7.45. The number of aliphatic hydroxyl groups excluding tert-OH is 2. The number of aromatic nitrogens is 2. The largest absolute Gasteiger partial charge is 0.394 e. The van der Waals surface area contributed by atoms with E-state index in [1.807, 2.05) is 0 Å². The Labute approximate surface area is 156 Å². The van der Waals surface area contributed by atoms with Gasteiger partial charge in [0.2, 0.25) is 0 Å². The minimum Gasteiger partial charge on any atom is -0.394 e. The Morgan fingerprint density at radius 1 is 1.33 bits per heavy atom. The minimum absolute atomic E-state index is 0.131. The molecule has 0 unspecified atom stereocenters. The van der Waals surface area contributed by atoms with Crippen molar-refractivity contribution >= 4 is 19.3 Å². The molecule has 0 saturated carbocycles. The van der Waals surface area contributed by atoms with Crippen LogP contribution in [0.4, 0.5) is 5.82 Å². The lowest BCUT2D eigenvalue weighted by atomic mass is 9.94. The van der Waals surface area contributed by atoms with Gasteiger partial charge in [0, 0.05) is 6.20 Å². The molecule has 0 aliphatic carbocycles. The summed E-state index contributed by atoms with van der Waals surface area (Å²) >= 11 is 0. The van der Waals surface area contributed by atoms with Gasteiger partial charge in [0.25, 0.3) is 5.91 Å². The van der Waals surface area contributed by atoms with Crippen molar-refractivity contribution in [2.45, 2.75) is 45.2 Å². The van der Waals surface area contributed by atoms with Gasteiger partial charge in [-0.1, -0.05) is 27.7 Å². The predicted molar refractivity (Wildman–Crippen MR) is 96.0 cm³/mol. The molecule has 2 atom stereocenters. The van der Waals surface area contributed by atoms with Crippen LogP contribution < -0.4 is 11.4 Å². The van der Waals surface area contributed by atoms with Gasteiger partial charge in [0.05, 0.1) is 6.61 Å². The molecule has 1 rings (SSSR count). The number of nitrogen functional groups attached to an aromatic ring is 1. The molecule has 1 aromatic heterocycles. The van der Waals surface area contributed by atoms with E-state index in [0.717, 1.165) is 12.3 Å². The maximum atomic E-state index is 12.4. The molecule has 11 nitrogen and oxygen atoms in total. The van der Waals surface area contributed by atoms with E-state index in [1.54, 1.807) is 0 Å². The van der Waals surface area contributed by atoms with Gasteiger partial charge < -0.3 is 30.5 Å². The van der Waals surface area contributed by atoms with Crippen molar-refractivity contribution in [3.63, 3.8) is 0 Å². The van der Waals surface area contributed by atoms with E-state index in [2.05, 4.69) is 4.98 Å². The second-order valence-electron chi connectivity index (χ2n) is 6.73. The molecule has 0 bridgehead atoms. The Balaban J connectivity index is 3.30. The van der Waals surface area contributed by atoms with Gasteiger partial charge in [0.15, 0.2) is 11.4 Å². The molecule has 0 fully saturated rings. The minimum atomic E-state index is -4.90. The van der Waals surface area contributed by atoms with Gasteiger partial charge in [0.1, 0.15) is 11.9 Å². The van der Waals surface area contributed by atoms with Crippen molar-refractivity contribution in [1.82, 2.24) is 9.55 Å². The van der Waals surface area contributed by atoms with Gasteiger partial charge in [-0.15, -0.1) is 0 Å². The summed E-state index contributed by atoms with van der Waals surface area (Å²) in [7, 11) is -4.90. The highest BCUT2D eigenvalue weighted by Crippen LogP contribution is 2.59. The van der Waals surface area contributed by atoms with Crippen molar-refractivity contribution in [3.8, 4) is 0 Å². The average molecular weight is 407 g/mol. The molecule has 1 aromatic rings. The lowest BCUT2D eigenvalue weighted by Gasteiger charge is -2.43. The molecule has 27 heavy (non-hydrogen) atoms. The Morgan fingerprint density at radius 2 is 1.85 bits per heavy atom. The SMILES string of the molecule is CC(C)C(O[C@@H](CO)[C@@H](O)C(=O)n1ccc(N)nc1=O)(C(C)C)P(=O)(O)O. The third-order valence-electron chi connectivity index (χ3n) is 4.30. The fourth-order valence-corrected chi connectivity index (χ4v) is 4.63. The first-order chi connectivity index (χ1) is 12.3. The van der Waals surface area contributed by atoms with Crippen LogP contribution in [0.25, 0.3) is 0 Å². The zero-order valence-corrected chi connectivity index (χ0v) is 16.4. The number of aliphatic hydroxyl groups is 2. The average Bonchev–Trinajstić information content (AvgIpc) is 2.52. The molecule has 1 heterocycles. The van der Waals surface area contributed by atoms with E-state index in [4.69, 9.17) is 10.5 Å². The van der Waals surface area contributed by atoms with E-state index >= 15 is 0 Å². The highest BCUT2D eigenvalue weighted by Gasteiger charge is 2.55. The summed E-state index contributed by atoms with van der Waals surface area (Å²) in [5.41, 5.74) is 4.29. The second kappa shape index (κ2) is 8.59. The molecule has 0 aromatic carbocycles. The summed E-state index contributed by atoms with van der Waals surface area (Å²) in [6, 6.07) is 1.16.